The van der Waals surface area contributed by atoms with Crippen molar-refractivity contribution in [1.82, 2.24) is 5.43 Å². The molecule has 2 aromatic rings. The molecule has 0 spiro atoms. The number of carbonyl (C=O) groups excluding carboxylic acids is 2. The third kappa shape index (κ3) is 4.65. The summed E-state index contributed by atoms with van der Waals surface area (Å²) in [5.41, 5.74) is -0.589. The summed E-state index contributed by atoms with van der Waals surface area (Å²) < 4.78 is 42.5. The van der Waals surface area contributed by atoms with Crippen molar-refractivity contribution in [3.05, 3.63) is 62.6 Å². The Bertz CT molecular complexity index is 1100. The number of amides is 2. The lowest BCUT2D eigenvalue weighted by Gasteiger charge is -2.29. The average molecular weight is 509 g/mol. The van der Waals surface area contributed by atoms with Crippen LogP contribution in [0.3, 0.4) is 0 Å². The molecule has 0 saturated carbocycles. The van der Waals surface area contributed by atoms with Gasteiger partial charge in [0, 0.05) is 41.4 Å². The molecule has 0 unspecified atom stereocenters. The maximum Gasteiger partial charge on any atom is 0.435 e. The molecule has 0 aromatic heterocycles. The highest BCUT2D eigenvalue weighted by molar-refractivity contribution is 6.35. The predicted octanol–water partition coefficient (Wildman–Crippen LogP) is 5.63. The van der Waals surface area contributed by atoms with E-state index in [1.165, 1.54) is 38.1 Å². The van der Waals surface area contributed by atoms with Gasteiger partial charge < -0.3 is 4.84 Å². The number of rotatable bonds is 3. The number of hydrogen-bond acceptors (Lipinski definition) is 4. The fraction of sp³-hybridized carbons (Fsp3) is 0.250. The van der Waals surface area contributed by atoms with Crippen molar-refractivity contribution < 1.29 is 27.6 Å². The number of halogens is 6. The lowest BCUT2D eigenvalue weighted by atomic mass is 9.86. The Balaban J connectivity index is 2.03. The number of nitrogens with one attached hydrogen (secondary N) is 1. The summed E-state index contributed by atoms with van der Waals surface area (Å²) in [5.74, 6) is -1.11. The van der Waals surface area contributed by atoms with E-state index in [-0.39, 0.29) is 37.6 Å². The first-order chi connectivity index (χ1) is 14.8. The van der Waals surface area contributed by atoms with Crippen LogP contribution in [-0.4, -0.2) is 23.7 Å². The van der Waals surface area contributed by atoms with E-state index in [0.29, 0.717) is 0 Å². The Hall–Kier alpha value is -2.49. The van der Waals surface area contributed by atoms with E-state index in [4.69, 9.17) is 39.6 Å². The second kappa shape index (κ2) is 8.80. The highest BCUT2D eigenvalue weighted by Crippen LogP contribution is 2.50. The second-order valence-electron chi connectivity index (χ2n) is 6.98. The maximum absolute atomic E-state index is 14.2. The van der Waals surface area contributed by atoms with Gasteiger partial charge in [-0.25, -0.2) is 5.01 Å². The molecule has 1 aliphatic heterocycles. The third-order valence-electron chi connectivity index (χ3n) is 4.62. The van der Waals surface area contributed by atoms with E-state index in [2.05, 4.69) is 10.6 Å². The van der Waals surface area contributed by atoms with Crippen LogP contribution in [0, 0.1) is 0 Å². The van der Waals surface area contributed by atoms with Crippen molar-refractivity contribution in [2.75, 3.05) is 5.01 Å². The van der Waals surface area contributed by atoms with Gasteiger partial charge in [0.05, 0.1) is 16.4 Å². The summed E-state index contributed by atoms with van der Waals surface area (Å²) in [4.78, 5) is 28.4. The first kappa shape index (κ1) is 24.2. The zero-order valence-electron chi connectivity index (χ0n) is 16.6. The molecule has 1 heterocycles. The molecule has 3 rings (SSSR count). The summed E-state index contributed by atoms with van der Waals surface area (Å²) in [5, 5.41) is 4.66. The van der Waals surface area contributed by atoms with Crippen LogP contribution in [0.2, 0.25) is 15.1 Å². The molecule has 170 valence electrons. The molecular formula is C20H15Cl3F3N3O3. The fourth-order valence-corrected chi connectivity index (χ4v) is 3.90. The molecule has 0 bridgehead atoms. The monoisotopic (exact) mass is 507 g/mol. The average Bonchev–Trinajstić information content (AvgIpc) is 3.12. The highest BCUT2D eigenvalue weighted by atomic mass is 35.5. The van der Waals surface area contributed by atoms with Crippen LogP contribution in [0.1, 0.15) is 31.4 Å². The number of alkyl halides is 3. The van der Waals surface area contributed by atoms with Gasteiger partial charge in [0.1, 0.15) is 0 Å². The Morgan fingerprint density at radius 2 is 1.72 bits per heavy atom. The molecule has 0 saturated heterocycles. The zero-order valence-corrected chi connectivity index (χ0v) is 18.8. The summed E-state index contributed by atoms with van der Waals surface area (Å²) in [6.07, 6.45) is -5.54. The highest BCUT2D eigenvalue weighted by Gasteiger charge is 2.62. The van der Waals surface area contributed by atoms with E-state index in [0.717, 1.165) is 17.1 Å². The van der Waals surface area contributed by atoms with Crippen LogP contribution in [0.5, 0.6) is 0 Å². The molecule has 0 radical (unpaired) electrons. The smallest absolute Gasteiger partial charge is 0.374 e. The fourth-order valence-electron chi connectivity index (χ4n) is 3.18. The van der Waals surface area contributed by atoms with Crippen molar-refractivity contribution in [2.24, 2.45) is 5.16 Å². The molecule has 6 nitrogen and oxygen atoms in total. The van der Waals surface area contributed by atoms with Gasteiger partial charge in [-0.2, -0.15) is 13.2 Å². The molecule has 2 amide bonds. The molecule has 1 atom stereocenters. The van der Waals surface area contributed by atoms with Gasteiger partial charge in [0.25, 0.3) is 5.60 Å². The van der Waals surface area contributed by atoms with Gasteiger partial charge in [-0.05, 0) is 30.3 Å². The first-order valence-electron chi connectivity index (χ1n) is 9.00. The standard InChI is InChI=1S/C20H15Cl3F3N3O3/c1-10(30)27-29(11(2)31)18-5-12(3-4-16(18)23)17-9-19(32-28-17,20(24,25)26)13-6-14(21)8-15(22)7-13/h3-8H,9H2,1-2H3,(H,27,30)/t19-/m1/s1. The van der Waals surface area contributed by atoms with Gasteiger partial charge in [-0.3, -0.25) is 15.0 Å². The van der Waals surface area contributed by atoms with Crippen molar-refractivity contribution in [2.45, 2.75) is 32.0 Å². The topological polar surface area (TPSA) is 71.0 Å². The van der Waals surface area contributed by atoms with E-state index in [9.17, 15) is 22.8 Å². The van der Waals surface area contributed by atoms with Gasteiger partial charge in [0.2, 0.25) is 11.8 Å². The van der Waals surface area contributed by atoms with Crippen LogP contribution in [0.25, 0.3) is 0 Å². The van der Waals surface area contributed by atoms with Crippen molar-refractivity contribution in [3.8, 4) is 0 Å². The number of anilines is 1. The molecule has 1 N–H and O–H groups in total. The summed E-state index contributed by atoms with van der Waals surface area (Å²) in [7, 11) is 0. The Morgan fingerprint density at radius 3 is 2.25 bits per heavy atom. The van der Waals surface area contributed by atoms with E-state index < -0.39 is 30.0 Å². The number of hydrogen-bond donors (Lipinski definition) is 1. The van der Waals surface area contributed by atoms with Crippen LogP contribution in [-0.2, 0) is 20.0 Å². The predicted molar refractivity (Wildman–Crippen MR) is 115 cm³/mol. The molecule has 0 aliphatic carbocycles. The molecule has 12 heteroatoms. The molecule has 32 heavy (non-hydrogen) atoms. The number of benzene rings is 2. The van der Waals surface area contributed by atoms with E-state index in [1.807, 2.05) is 0 Å². The Kier molecular flexibility index (Phi) is 6.65. The van der Waals surface area contributed by atoms with Crippen LogP contribution in [0.15, 0.2) is 41.6 Å². The molecule has 2 aromatic carbocycles. The Morgan fingerprint density at radius 1 is 1.09 bits per heavy atom. The van der Waals surface area contributed by atoms with E-state index >= 15 is 0 Å². The summed E-state index contributed by atoms with van der Waals surface area (Å²) in [6.45, 7) is 2.38. The normalized spacial score (nSPS) is 18.1. The van der Waals surface area contributed by atoms with Gasteiger partial charge in [-0.1, -0.05) is 46.0 Å². The molecule has 1 aliphatic rings. The number of nitrogens with zero attached hydrogens (tertiary/aromatic N) is 2. The van der Waals surface area contributed by atoms with Crippen LogP contribution >= 0.6 is 34.8 Å². The van der Waals surface area contributed by atoms with Crippen LogP contribution < -0.4 is 10.4 Å². The lowest BCUT2D eigenvalue weighted by molar-refractivity contribution is -0.275. The number of carbonyl (C=O) groups is 2. The minimum Gasteiger partial charge on any atom is -0.374 e. The summed E-state index contributed by atoms with van der Waals surface area (Å²) >= 11 is 18.0. The Labute approximate surface area is 195 Å². The minimum atomic E-state index is -4.86. The van der Waals surface area contributed by atoms with Gasteiger partial charge >= 0.3 is 6.18 Å². The second-order valence-corrected chi connectivity index (χ2v) is 8.26. The lowest BCUT2D eigenvalue weighted by Crippen LogP contribution is -2.44. The number of hydrazine groups is 1. The molecular weight excluding hydrogens is 494 g/mol. The summed E-state index contributed by atoms with van der Waals surface area (Å²) in [6, 6.07) is 7.66. The minimum absolute atomic E-state index is 0.00867. The largest absolute Gasteiger partial charge is 0.435 e. The van der Waals surface area contributed by atoms with Gasteiger partial charge in [0.15, 0.2) is 0 Å². The van der Waals surface area contributed by atoms with E-state index in [1.54, 1.807) is 0 Å². The number of oxime groups is 1. The zero-order chi connectivity index (χ0) is 23.8. The SMILES string of the molecule is CC(=O)NN(C(C)=O)c1cc(C2=NO[C@](c3cc(Cl)cc(Cl)c3)(C(F)(F)F)C2)ccc1Cl. The quantitative estimate of drug-likeness (QED) is 0.546. The molecule has 0 fully saturated rings. The maximum atomic E-state index is 14.2. The van der Waals surface area contributed by atoms with Gasteiger partial charge in [-0.15, -0.1) is 0 Å². The van der Waals surface area contributed by atoms with Crippen molar-refractivity contribution >= 4 is 58.0 Å². The third-order valence-corrected chi connectivity index (χ3v) is 5.38. The van der Waals surface area contributed by atoms with Crippen molar-refractivity contribution in [1.29, 1.82) is 0 Å². The van der Waals surface area contributed by atoms with Crippen molar-refractivity contribution in [3.63, 3.8) is 0 Å². The first-order valence-corrected chi connectivity index (χ1v) is 10.1. The van der Waals surface area contributed by atoms with Crippen LogP contribution in [0.4, 0.5) is 18.9 Å².